The maximum Gasteiger partial charge on any atom is 0.354 e. The molecule has 0 aliphatic heterocycles. The third-order valence-corrected chi connectivity index (χ3v) is 3.09. The third-order valence-electron chi connectivity index (χ3n) is 2.81. The maximum absolute atomic E-state index is 12.2. The predicted molar refractivity (Wildman–Crippen MR) is 74.0 cm³/mol. The van der Waals surface area contributed by atoms with Crippen molar-refractivity contribution in [3.63, 3.8) is 0 Å². The summed E-state index contributed by atoms with van der Waals surface area (Å²) in [5.41, 5.74) is -0.0777. The second-order valence-corrected chi connectivity index (χ2v) is 4.29. The highest BCUT2D eigenvalue weighted by molar-refractivity contribution is 6.33. The van der Waals surface area contributed by atoms with E-state index in [1.165, 1.54) is 27.4 Å². The number of methoxy groups -OCH3 is 3. The molecular weight excluding hydrogens is 286 g/mol. The standard InChI is InChI=1S/C13H12ClNO5/c1-18-9-4-6(14)12(19-2)10-8(16)5-7(13(17)20-3)15-11(9)10/h4-5H,1-3H3,(H,15,16). The van der Waals surface area contributed by atoms with Gasteiger partial charge in [-0.2, -0.15) is 0 Å². The van der Waals surface area contributed by atoms with Crippen molar-refractivity contribution < 1.29 is 19.0 Å². The quantitative estimate of drug-likeness (QED) is 0.877. The first kappa shape index (κ1) is 14.2. The van der Waals surface area contributed by atoms with E-state index < -0.39 is 11.4 Å². The number of pyridine rings is 1. The van der Waals surface area contributed by atoms with Crippen molar-refractivity contribution in [1.29, 1.82) is 0 Å². The lowest BCUT2D eigenvalue weighted by molar-refractivity contribution is 0.0594. The lowest BCUT2D eigenvalue weighted by Crippen LogP contribution is -2.12. The summed E-state index contributed by atoms with van der Waals surface area (Å²) in [6, 6.07) is 2.63. The summed E-state index contributed by atoms with van der Waals surface area (Å²) >= 11 is 6.04. The molecule has 106 valence electrons. The highest BCUT2D eigenvalue weighted by Crippen LogP contribution is 2.36. The van der Waals surface area contributed by atoms with Gasteiger partial charge < -0.3 is 19.2 Å². The molecule has 0 radical (unpaired) electrons. The van der Waals surface area contributed by atoms with E-state index in [9.17, 15) is 9.59 Å². The van der Waals surface area contributed by atoms with Crippen molar-refractivity contribution in [3.8, 4) is 11.5 Å². The molecule has 20 heavy (non-hydrogen) atoms. The number of halogens is 1. The number of ether oxygens (including phenoxy) is 3. The molecule has 0 saturated carbocycles. The van der Waals surface area contributed by atoms with Crippen LogP contribution in [0.4, 0.5) is 0 Å². The van der Waals surface area contributed by atoms with E-state index in [0.717, 1.165) is 6.07 Å². The molecular formula is C13H12ClNO5. The summed E-state index contributed by atoms with van der Waals surface area (Å²) in [4.78, 5) is 26.5. The van der Waals surface area contributed by atoms with Gasteiger partial charge in [0.2, 0.25) is 0 Å². The summed E-state index contributed by atoms with van der Waals surface area (Å²) in [5, 5.41) is 0.456. The van der Waals surface area contributed by atoms with Crippen LogP contribution in [-0.2, 0) is 4.74 Å². The lowest BCUT2D eigenvalue weighted by atomic mass is 10.1. The van der Waals surface area contributed by atoms with Crippen molar-refractivity contribution in [2.75, 3.05) is 21.3 Å². The van der Waals surface area contributed by atoms with Crippen LogP contribution in [0.2, 0.25) is 5.02 Å². The second-order valence-electron chi connectivity index (χ2n) is 3.88. The fourth-order valence-electron chi connectivity index (χ4n) is 1.92. The fourth-order valence-corrected chi connectivity index (χ4v) is 2.19. The van der Waals surface area contributed by atoms with E-state index in [2.05, 4.69) is 9.72 Å². The van der Waals surface area contributed by atoms with Gasteiger partial charge in [-0.15, -0.1) is 0 Å². The Morgan fingerprint density at radius 1 is 1.20 bits per heavy atom. The number of carbonyl (C=O) groups is 1. The molecule has 0 bridgehead atoms. The average Bonchev–Trinajstić information content (AvgIpc) is 2.45. The topological polar surface area (TPSA) is 77.6 Å². The van der Waals surface area contributed by atoms with Crippen LogP contribution in [0.25, 0.3) is 10.9 Å². The largest absolute Gasteiger partial charge is 0.494 e. The number of rotatable bonds is 3. The van der Waals surface area contributed by atoms with Crippen LogP contribution in [0.5, 0.6) is 11.5 Å². The van der Waals surface area contributed by atoms with E-state index in [-0.39, 0.29) is 21.9 Å². The van der Waals surface area contributed by atoms with Gasteiger partial charge in [0.25, 0.3) is 0 Å². The highest BCUT2D eigenvalue weighted by Gasteiger charge is 2.18. The summed E-state index contributed by atoms with van der Waals surface area (Å²) in [6.45, 7) is 0. The first-order valence-electron chi connectivity index (χ1n) is 5.59. The van der Waals surface area contributed by atoms with Gasteiger partial charge in [0.05, 0.1) is 37.3 Å². The van der Waals surface area contributed by atoms with Gasteiger partial charge in [0.15, 0.2) is 11.2 Å². The Balaban J connectivity index is 2.92. The zero-order chi connectivity index (χ0) is 14.9. The molecule has 1 N–H and O–H groups in total. The maximum atomic E-state index is 12.2. The molecule has 2 rings (SSSR count). The van der Waals surface area contributed by atoms with Crippen molar-refractivity contribution in [1.82, 2.24) is 4.98 Å². The van der Waals surface area contributed by atoms with Crippen molar-refractivity contribution >= 4 is 28.5 Å². The Hall–Kier alpha value is -2.21. The number of esters is 1. The Labute approximate surface area is 119 Å². The Morgan fingerprint density at radius 3 is 2.45 bits per heavy atom. The van der Waals surface area contributed by atoms with E-state index in [0.29, 0.717) is 11.3 Å². The van der Waals surface area contributed by atoms with Gasteiger partial charge in [-0.25, -0.2) is 4.79 Å². The molecule has 0 spiro atoms. The van der Waals surface area contributed by atoms with Gasteiger partial charge in [-0.05, 0) is 0 Å². The number of hydrogen-bond donors (Lipinski definition) is 1. The van der Waals surface area contributed by atoms with Crippen LogP contribution >= 0.6 is 11.6 Å². The third kappa shape index (κ3) is 2.18. The highest BCUT2D eigenvalue weighted by atomic mass is 35.5. The zero-order valence-electron chi connectivity index (χ0n) is 11.1. The van der Waals surface area contributed by atoms with Crippen molar-refractivity contribution in [2.24, 2.45) is 0 Å². The van der Waals surface area contributed by atoms with Gasteiger partial charge in [0.1, 0.15) is 11.4 Å². The van der Waals surface area contributed by atoms with Crippen molar-refractivity contribution in [3.05, 3.63) is 33.1 Å². The number of aromatic nitrogens is 1. The minimum Gasteiger partial charge on any atom is -0.494 e. The SMILES string of the molecule is COC(=O)c1cc(=O)c2c(OC)c(Cl)cc(OC)c2[nH]1. The number of H-pyrrole nitrogens is 1. The molecule has 0 aliphatic carbocycles. The molecule has 0 aliphatic rings. The first-order valence-corrected chi connectivity index (χ1v) is 5.97. The summed E-state index contributed by atoms with van der Waals surface area (Å²) in [7, 11) is 4.06. The van der Waals surface area contributed by atoms with E-state index in [1.807, 2.05) is 0 Å². The van der Waals surface area contributed by atoms with Crippen LogP contribution in [0, 0.1) is 0 Å². The normalized spacial score (nSPS) is 10.4. The van der Waals surface area contributed by atoms with Crippen LogP contribution in [-0.4, -0.2) is 32.3 Å². The summed E-state index contributed by atoms with van der Waals surface area (Å²) < 4.78 is 14.9. The van der Waals surface area contributed by atoms with E-state index in [4.69, 9.17) is 21.1 Å². The first-order chi connectivity index (χ1) is 9.53. The van der Waals surface area contributed by atoms with Crippen molar-refractivity contribution in [2.45, 2.75) is 0 Å². The molecule has 2 aromatic rings. The number of carbonyl (C=O) groups excluding carboxylic acids is 1. The molecule has 0 amide bonds. The van der Waals surface area contributed by atoms with Crippen LogP contribution in [0.15, 0.2) is 16.9 Å². The number of fused-ring (bicyclic) bond motifs is 1. The lowest BCUT2D eigenvalue weighted by Gasteiger charge is -2.12. The van der Waals surface area contributed by atoms with Crippen LogP contribution < -0.4 is 14.9 Å². The number of benzene rings is 1. The van der Waals surface area contributed by atoms with Gasteiger partial charge in [0, 0.05) is 12.1 Å². The predicted octanol–water partition coefficient (Wildman–Crippen LogP) is 1.99. The van der Waals surface area contributed by atoms with Gasteiger partial charge in [-0.3, -0.25) is 4.79 Å². The molecule has 0 atom stereocenters. The average molecular weight is 298 g/mol. The number of aromatic amines is 1. The van der Waals surface area contributed by atoms with Crippen LogP contribution in [0.3, 0.4) is 0 Å². The summed E-state index contributed by atoms with van der Waals surface area (Å²) in [5.74, 6) is -0.103. The fraction of sp³-hybridized carbons (Fsp3) is 0.231. The van der Waals surface area contributed by atoms with Gasteiger partial charge in [-0.1, -0.05) is 11.6 Å². The molecule has 7 heteroatoms. The minimum atomic E-state index is -0.653. The van der Waals surface area contributed by atoms with Crippen LogP contribution in [0.1, 0.15) is 10.5 Å². The molecule has 6 nitrogen and oxygen atoms in total. The zero-order valence-corrected chi connectivity index (χ0v) is 11.8. The Morgan fingerprint density at radius 2 is 1.90 bits per heavy atom. The monoisotopic (exact) mass is 297 g/mol. The second kappa shape index (κ2) is 5.42. The number of nitrogens with one attached hydrogen (secondary N) is 1. The van der Waals surface area contributed by atoms with E-state index >= 15 is 0 Å². The van der Waals surface area contributed by atoms with E-state index in [1.54, 1.807) is 0 Å². The molecule has 1 aromatic carbocycles. The minimum absolute atomic E-state index is 0.0210. The summed E-state index contributed by atoms with van der Waals surface area (Å²) in [6.07, 6.45) is 0. The number of hydrogen-bond acceptors (Lipinski definition) is 5. The molecule has 0 saturated heterocycles. The smallest absolute Gasteiger partial charge is 0.354 e. The Kier molecular flexibility index (Phi) is 3.85. The van der Waals surface area contributed by atoms with Gasteiger partial charge >= 0.3 is 5.97 Å². The molecule has 0 unspecified atom stereocenters. The molecule has 1 aromatic heterocycles. The molecule has 0 fully saturated rings. The molecule has 1 heterocycles. The Bertz CT molecular complexity index is 738.